The van der Waals surface area contributed by atoms with E-state index < -0.39 is 17.7 Å². The summed E-state index contributed by atoms with van der Waals surface area (Å²) in [5.74, 6) is -2.65. The minimum absolute atomic E-state index is 0.00830. The molecular weight excluding hydrogens is 364 g/mol. The third-order valence-corrected chi connectivity index (χ3v) is 4.12. The molecule has 2 aromatic carbocycles. The van der Waals surface area contributed by atoms with Crippen molar-refractivity contribution in [3.8, 4) is 0 Å². The van der Waals surface area contributed by atoms with E-state index in [0.29, 0.717) is 5.69 Å². The molecule has 1 saturated heterocycles. The lowest BCUT2D eigenvalue weighted by atomic mass is 10.1. The van der Waals surface area contributed by atoms with Crippen molar-refractivity contribution in [2.24, 2.45) is 11.0 Å². The molecule has 27 heavy (non-hydrogen) atoms. The summed E-state index contributed by atoms with van der Waals surface area (Å²) in [4.78, 5) is 37.9. The van der Waals surface area contributed by atoms with Crippen molar-refractivity contribution in [2.45, 2.75) is 6.42 Å². The number of nitrogens with zero attached hydrogens (tertiary/aromatic N) is 2. The second kappa shape index (κ2) is 8.33. The number of nitrogens with one attached hydrogen (secondary N) is 2. The van der Waals surface area contributed by atoms with E-state index in [-0.39, 0.29) is 17.4 Å². The minimum Gasteiger partial charge on any atom is -0.301 e. The number of carbonyl (C=O) groups excluding carboxylic acids is 3. The van der Waals surface area contributed by atoms with Gasteiger partial charge in [0, 0.05) is 6.21 Å². The fraction of sp³-hybridized carbons (Fsp3) is 0.105. The Hall–Kier alpha value is -3.39. The van der Waals surface area contributed by atoms with Crippen LogP contribution in [-0.4, -0.2) is 29.0 Å². The van der Waals surface area contributed by atoms with Crippen LogP contribution in [0.3, 0.4) is 0 Å². The van der Waals surface area contributed by atoms with E-state index in [1.54, 1.807) is 30.3 Å². The van der Waals surface area contributed by atoms with Crippen LogP contribution in [0.25, 0.3) is 0 Å². The zero-order valence-corrected chi connectivity index (χ0v) is 15.0. The van der Waals surface area contributed by atoms with Gasteiger partial charge >= 0.3 is 0 Å². The summed E-state index contributed by atoms with van der Waals surface area (Å²) in [6, 6.07) is 17.9. The number of carbonyl (C=O) groups is 3. The maximum atomic E-state index is 12.7. The highest BCUT2D eigenvalue weighted by Gasteiger charge is 2.38. The molecule has 3 amide bonds. The Morgan fingerprint density at radius 1 is 1.11 bits per heavy atom. The zero-order valence-electron chi connectivity index (χ0n) is 14.2. The lowest BCUT2D eigenvalue weighted by Crippen LogP contribution is -2.58. The molecular formula is C19H16N4O3S. The molecule has 1 aliphatic heterocycles. The SMILES string of the molecule is O=C(Cc1ccccc1)N/N=C\[C@@H]1C(=O)NC(=S)N(c2ccccc2)C1=O. The molecule has 0 unspecified atom stereocenters. The summed E-state index contributed by atoms with van der Waals surface area (Å²) in [5, 5.41) is 6.26. The number of benzene rings is 2. The molecule has 3 rings (SSSR count). The quantitative estimate of drug-likeness (QED) is 0.355. The Labute approximate surface area is 161 Å². The maximum Gasteiger partial charge on any atom is 0.251 e. The average molecular weight is 380 g/mol. The second-order valence-corrected chi connectivity index (χ2v) is 6.14. The molecule has 8 heteroatoms. The first-order valence-corrected chi connectivity index (χ1v) is 8.57. The first-order chi connectivity index (χ1) is 13.1. The van der Waals surface area contributed by atoms with Crippen molar-refractivity contribution >= 4 is 47.0 Å². The summed E-state index contributed by atoms with van der Waals surface area (Å²) in [5.41, 5.74) is 3.70. The summed E-state index contributed by atoms with van der Waals surface area (Å²) in [6.07, 6.45) is 1.25. The molecule has 1 fully saturated rings. The Kier molecular flexibility index (Phi) is 5.68. The molecule has 1 atom stereocenters. The van der Waals surface area contributed by atoms with E-state index in [2.05, 4.69) is 15.8 Å². The Morgan fingerprint density at radius 3 is 2.41 bits per heavy atom. The van der Waals surface area contributed by atoms with Crippen molar-refractivity contribution in [2.75, 3.05) is 4.90 Å². The molecule has 2 N–H and O–H groups in total. The van der Waals surface area contributed by atoms with Gasteiger partial charge < -0.3 is 5.32 Å². The summed E-state index contributed by atoms with van der Waals surface area (Å²) < 4.78 is 0. The molecule has 0 bridgehead atoms. The smallest absolute Gasteiger partial charge is 0.251 e. The highest BCUT2D eigenvalue weighted by Crippen LogP contribution is 2.19. The third-order valence-electron chi connectivity index (χ3n) is 3.84. The number of para-hydroxylation sites is 1. The maximum absolute atomic E-state index is 12.7. The van der Waals surface area contributed by atoms with Crippen LogP contribution in [0, 0.1) is 5.92 Å². The summed E-state index contributed by atoms with van der Waals surface area (Å²) in [6.45, 7) is 0. The average Bonchev–Trinajstić information content (AvgIpc) is 2.66. The van der Waals surface area contributed by atoms with Crippen LogP contribution in [0.15, 0.2) is 65.8 Å². The number of amides is 3. The topological polar surface area (TPSA) is 90.9 Å². The van der Waals surface area contributed by atoms with Crippen molar-refractivity contribution in [3.05, 3.63) is 66.2 Å². The lowest BCUT2D eigenvalue weighted by Gasteiger charge is -2.30. The number of rotatable bonds is 5. The van der Waals surface area contributed by atoms with Gasteiger partial charge in [0.2, 0.25) is 11.8 Å². The Morgan fingerprint density at radius 2 is 1.74 bits per heavy atom. The van der Waals surface area contributed by atoms with Gasteiger partial charge in [-0.25, -0.2) is 5.43 Å². The highest BCUT2D eigenvalue weighted by atomic mass is 32.1. The number of hydrazone groups is 1. The molecule has 0 radical (unpaired) electrons. The molecule has 1 aliphatic rings. The van der Waals surface area contributed by atoms with E-state index in [1.165, 1.54) is 4.90 Å². The largest absolute Gasteiger partial charge is 0.301 e. The van der Waals surface area contributed by atoms with Gasteiger partial charge in [-0.3, -0.25) is 19.3 Å². The van der Waals surface area contributed by atoms with E-state index in [0.717, 1.165) is 11.8 Å². The molecule has 0 spiro atoms. The standard InChI is InChI=1S/C19H16N4O3S/c24-16(11-13-7-3-1-4-8-13)22-20-12-15-17(25)21-19(27)23(18(15)26)14-9-5-2-6-10-14/h1-10,12,15H,11H2,(H,22,24)(H,21,25,27)/b20-12-/t15-/m1/s1. The monoisotopic (exact) mass is 380 g/mol. The Bertz CT molecular complexity index is 900. The predicted molar refractivity (Wildman–Crippen MR) is 105 cm³/mol. The highest BCUT2D eigenvalue weighted by molar-refractivity contribution is 7.80. The van der Waals surface area contributed by atoms with Gasteiger partial charge in [0.05, 0.1) is 12.1 Å². The van der Waals surface area contributed by atoms with Crippen LogP contribution in [0.4, 0.5) is 5.69 Å². The van der Waals surface area contributed by atoms with Crippen LogP contribution < -0.4 is 15.6 Å². The van der Waals surface area contributed by atoms with Crippen molar-refractivity contribution < 1.29 is 14.4 Å². The third kappa shape index (κ3) is 4.42. The minimum atomic E-state index is -1.19. The Balaban J connectivity index is 1.67. The van der Waals surface area contributed by atoms with Crippen molar-refractivity contribution in [1.29, 1.82) is 0 Å². The van der Waals surface area contributed by atoms with Gasteiger partial charge in [0.1, 0.15) is 0 Å². The van der Waals surface area contributed by atoms with E-state index in [1.807, 2.05) is 30.3 Å². The second-order valence-electron chi connectivity index (χ2n) is 5.76. The van der Waals surface area contributed by atoms with Gasteiger partial charge in [-0.05, 0) is 29.9 Å². The van der Waals surface area contributed by atoms with Gasteiger partial charge in [-0.15, -0.1) is 0 Å². The van der Waals surface area contributed by atoms with Crippen molar-refractivity contribution in [1.82, 2.24) is 10.7 Å². The fourth-order valence-electron chi connectivity index (χ4n) is 2.55. The van der Waals surface area contributed by atoms with Gasteiger partial charge in [0.25, 0.3) is 5.91 Å². The van der Waals surface area contributed by atoms with E-state index in [4.69, 9.17) is 12.2 Å². The van der Waals surface area contributed by atoms with Crippen LogP contribution in [-0.2, 0) is 20.8 Å². The zero-order chi connectivity index (χ0) is 19.2. The molecule has 7 nitrogen and oxygen atoms in total. The van der Waals surface area contributed by atoms with Crippen LogP contribution in [0.1, 0.15) is 5.56 Å². The molecule has 2 aromatic rings. The predicted octanol–water partition coefficient (Wildman–Crippen LogP) is 1.40. The summed E-state index contributed by atoms with van der Waals surface area (Å²) >= 11 is 5.10. The van der Waals surface area contributed by atoms with Gasteiger partial charge in [-0.1, -0.05) is 48.5 Å². The van der Waals surface area contributed by atoms with Gasteiger partial charge in [0.15, 0.2) is 11.0 Å². The van der Waals surface area contributed by atoms with Gasteiger partial charge in [-0.2, -0.15) is 5.10 Å². The molecule has 136 valence electrons. The first-order valence-electron chi connectivity index (χ1n) is 8.16. The molecule has 0 aromatic heterocycles. The summed E-state index contributed by atoms with van der Waals surface area (Å²) in [7, 11) is 0. The molecule has 0 aliphatic carbocycles. The molecule has 0 saturated carbocycles. The number of hydrogen-bond donors (Lipinski definition) is 2. The van der Waals surface area contributed by atoms with Crippen LogP contribution >= 0.6 is 12.2 Å². The fourth-order valence-corrected chi connectivity index (χ4v) is 2.84. The lowest BCUT2D eigenvalue weighted by molar-refractivity contribution is -0.130. The number of anilines is 1. The van der Waals surface area contributed by atoms with E-state index in [9.17, 15) is 14.4 Å². The van der Waals surface area contributed by atoms with Crippen LogP contribution in [0.5, 0.6) is 0 Å². The first kappa shape index (κ1) is 18.4. The normalized spacial score (nSPS) is 17.1. The number of thiocarbonyl (C=S) groups is 1. The van der Waals surface area contributed by atoms with Crippen LogP contribution in [0.2, 0.25) is 0 Å². The molecule has 1 heterocycles. The van der Waals surface area contributed by atoms with E-state index >= 15 is 0 Å². The number of hydrogen-bond acceptors (Lipinski definition) is 5. The van der Waals surface area contributed by atoms with Crippen molar-refractivity contribution in [3.63, 3.8) is 0 Å².